The quantitative estimate of drug-likeness (QED) is 0.772. The van der Waals surface area contributed by atoms with E-state index in [0.717, 1.165) is 25.0 Å². The summed E-state index contributed by atoms with van der Waals surface area (Å²) in [6, 6.07) is 0. The average Bonchev–Trinajstić information content (AvgIpc) is 2.70. The van der Waals surface area contributed by atoms with Gasteiger partial charge < -0.3 is 10.4 Å². The van der Waals surface area contributed by atoms with E-state index in [0.29, 0.717) is 6.42 Å². The summed E-state index contributed by atoms with van der Waals surface area (Å²) in [7, 11) is 0. The van der Waals surface area contributed by atoms with E-state index in [2.05, 4.69) is 5.32 Å². The van der Waals surface area contributed by atoms with Crippen LogP contribution in [0.25, 0.3) is 0 Å². The highest BCUT2D eigenvalue weighted by atomic mass is 32.2. The molecule has 0 aromatic carbocycles. The third-order valence-electron chi connectivity index (χ3n) is 2.84. The summed E-state index contributed by atoms with van der Waals surface area (Å²) >= 11 is 1.62. The largest absolute Gasteiger partial charge is 0.480 e. The van der Waals surface area contributed by atoms with Crippen molar-refractivity contribution in [2.75, 3.05) is 5.75 Å². The molecule has 1 fully saturated rings. The van der Waals surface area contributed by atoms with Gasteiger partial charge in [0.25, 0.3) is 0 Å². The number of carboxylic acid groups (broad SMARTS) is 1. The molecule has 5 heteroatoms. The van der Waals surface area contributed by atoms with Crippen LogP contribution in [-0.2, 0) is 9.59 Å². The fourth-order valence-corrected chi connectivity index (χ4v) is 3.02. The van der Waals surface area contributed by atoms with Crippen LogP contribution in [-0.4, -0.2) is 33.5 Å². The molecule has 0 spiro atoms. The molecular weight excluding hydrogens is 226 g/mol. The van der Waals surface area contributed by atoms with E-state index in [4.69, 9.17) is 5.11 Å². The van der Waals surface area contributed by atoms with Crippen LogP contribution in [0.15, 0.2) is 0 Å². The number of carbonyl (C=O) groups is 2. The minimum Gasteiger partial charge on any atom is -0.480 e. The van der Waals surface area contributed by atoms with Crippen molar-refractivity contribution in [3.05, 3.63) is 0 Å². The lowest BCUT2D eigenvalue weighted by molar-refractivity contribution is -0.147. The number of rotatable bonds is 5. The van der Waals surface area contributed by atoms with E-state index < -0.39 is 11.5 Å². The van der Waals surface area contributed by atoms with Crippen molar-refractivity contribution in [1.82, 2.24) is 5.32 Å². The summed E-state index contributed by atoms with van der Waals surface area (Å²) in [5.74, 6) is -0.0816. The lowest BCUT2D eigenvalue weighted by Crippen LogP contribution is -2.54. The zero-order valence-electron chi connectivity index (χ0n) is 9.78. The number of carbonyl (C=O) groups excluding carboxylic acids is 1. The number of thioether (sulfide) groups is 1. The molecule has 1 aliphatic rings. The van der Waals surface area contributed by atoms with Crippen molar-refractivity contribution < 1.29 is 14.7 Å². The maximum absolute atomic E-state index is 11.8. The Morgan fingerprint density at radius 1 is 1.56 bits per heavy atom. The summed E-state index contributed by atoms with van der Waals surface area (Å²) < 4.78 is 0. The Morgan fingerprint density at radius 2 is 2.25 bits per heavy atom. The Balaban J connectivity index is 2.60. The van der Waals surface area contributed by atoms with E-state index in [1.807, 2.05) is 6.92 Å². The molecule has 2 unspecified atom stereocenters. The van der Waals surface area contributed by atoms with Gasteiger partial charge in [0, 0.05) is 0 Å². The van der Waals surface area contributed by atoms with Gasteiger partial charge in [-0.05, 0) is 31.9 Å². The second-order valence-electron chi connectivity index (χ2n) is 4.38. The molecule has 0 aliphatic carbocycles. The second kappa shape index (κ2) is 5.57. The fourth-order valence-electron chi connectivity index (χ4n) is 1.86. The molecule has 2 N–H and O–H groups in total. The molecule has 0 bridgehead atoms. The van der Waals surface area contributed by atoms with E-state index in [1.165, 1.54) is 0 Å². The molecule has 1 saturated heterocycles. The molecule has 16 heavy (non-hydrogen) atoms. The summed E-state index contributed by atoms with van der Waals surface area (Å²) in [4.78, 5) is 23.0. The standard InChI is InChI=1S/C11H19NO3S/c1-3-6-11(2,10(14)15)12-9(13)8-5-4-7-16-8/h8H,3-7H2,1-2H3,(H,12,13)(H,14,15). The van der Waals surface area contributed by atoms with Crippen LogP contribution in [0.2, 0.25) is 0 Å². The van der Waals surface area contributed by atoms with Gasteiger partial charge in [-0.2, -0.15) is 0 Å². The van der Waals surface area contributed by atoms with Crippen molar-refractivity contribution >= 4 is 23.6 Å². The SMILES string of the molecule is CCCC(C)(NC(=O)C1CCCS1)C(=O)O. The molecule has 1 aliphatic heterocycles. The maximum atomic E-state index is 11.8. The molecule has 1 heterocycles. The molecule has 0 aromatic heterocycles. The summed E-state index contributed by atoms with van der Waals surface area (Å²) in [6.07, 6.45) is 3.10. The number of aliphatic carboxylic acids is 1. The van der Waals surface area contributed by atoms with Gasteiger partial charge in [0.2, 0.25) is 5.91 Å². The van der Waals surface area contributed by atoms with Crippen molar-refractivity contribution in [2.45, 2.75) is 50.3 Å². The predicted molar refractivity (Wildman–Crippen MR) is 64.6 cm³/mol. The van der Waals surface area contributed by atoms with Gasteiger partial charge in [-0.25, -0.2) is 4.79 Å². The zero-order chi connectivity index (χ0) is 12.2. The Hall–Kier alpha value is -0.710. The van der Waals surface area contributed by atoms with Gasteiger partial charge in [-0.15, -0.1) is 11.8 Å². The number of carboxylic acids is 1. The Labute approximate surface area is 100 Å². The lowest BCUT2D eigenvalue weighted by Gasteiger charge is -2.27. The molecule has 1 amide bonds. The van der Waals surface area contributed by atoms with Crippen LogP contribution in [0.1, 0.15) is 39.5 Å². The first kappa shape index (κ1) is 13.4. The Bertz CT molecular complexity index is 276. The highest BCUT2D eigenvalue weighted by Gasteiger charge is 2.36. The molecule has 92 valence electrons. The number of hydrogen-bond acceptors (Lipinski definition) is 3. The van der Waals surface area contributed by atoms with E-state index in [9.17, 15) is 9.59 Å². The summed E-state index contributed by atoms with van der Waals surface area (Å²) in [5, 5.41) is 11.8. The van der Waals surface area contributed by atoms with Crippen molar-refractivity contribution in [2.24, 2.45) is 0 Å². The molecule has 2 atom stereocenters. The minimum atomic E-state index is -1.12. The molecule has 0 aromatic rings. The lowest BCUT2D eigenvalue weighted by atomic mass is 9.96. The Morgan fingerprint density at radius 3 is 2.69 bits per heavy atom. The smallest absolute Gasteiger partial charge is 0.329 e. The normalized spacial score (nSPS) is 23.8. The second-order valence-corrected chi connectivity index (χ2v) is 5.69. The third kappa shape index (κ3) is 3.14. The summed E-state index contributed by atoms with van der Waals surface area (Å²) in [6.45, 7) is 3.49. The van der Waals surface area contributed by atoms with Gasteiger partial charge in [-0.1, -0.05) is 13.3 Å². The van der Waals surface area contributed by atoms with Gasteiger partial charge in [0.1, 0.15) is 5.54 Å². The fraction of sp³-hybridized carbons (Fsp3) is 0.818. The van der Waals surface area contributed by atoms with Crippen LogP contribution < -0.4 is 5.32 Å². The molecular formula is C11H19NO3S. The highest BCUT2D eigenvalue weighted by Crippen LogP contribution is 2.27. The van der Waals surface area contributed by atoms with Crippen LogP contribution in [0, 0.1) is 0 Å². The predicted octanol–water partition coefficient (Wildman–Crippen LogP) is 1.64. The topological polar surface area (TPSA) is 66.4 Å². The minimum absolute atomic E-state index is 0.0597. The van der Waals surface area contributed by atoms with Gasteiger partial charge in [0.15, 0.2) is 0 Å². The monoisotopic (exact) mass is 245 g/mol. The average molecular weight is 245 g/mol. The number of amides is 1. The molecule has 4 nitrogen and oxygen atoms in total. The summed E-state index contributed by atoms with van der Waals surface area (Å²) in [5.41, 5.74) is -1.12. The van der Waals surface area contributed by atoms with Crippen LogP contribution >= 0.6 is 11.8 Å². The first-order valence-electron chi connectivity index (χ1n) is 5.66. The highest BCUT2D eigenvalue weighted by molar-refractivity contribution is 8.00. The molecule has 0 radical (unpaired) electrons. The van der Waals surface area contributed by atoms with Gasteiger partial charge >= 0.3 is 5.97 Å². The van der Waals surface area contributed by atoms with Crippen molar-refractivity contribution in [3.8, 4) is 0 Å². The third-order valence-corrected chi connectivity index (χ3v) is 4.22. The number of hydrogen-bond donors (Lipinski definition) is 2. The van der Waals surface area contributed by atoms with Crippen molar-refractivity contribution in [3.63, 3.8) is 0 Å². The van der Waals surface area contributed by atoms with Gasteiger partial charge in [0.05, 0.1) is 5.25 Å². The van der Waals surface area contributed by atoms with Gasteiger partial charge in [-0.3, -0.25) is 4.79 Å². The number of nitrogens with one attached hydrogen (secondary N) is 1. The van der Waals surface area contributed by atoms with E-state index in [-0.39, 0.29) is 11.2 Å². The van der Waals surface area contributed by atoms with Crippen LogP contribution in [0.4, 0.5) is 0 Å². The van der Waals surface area contributed by atoms with Crippen LogP contribution in [0.3, 0.4) is 0 Å². The first-order valence-corrected chi connectivity index (χ1v) is 6.71. The molecule has 1 rings (SSSR count). The maximum Gasteiger partial charge on any atom is 0.329 e. The first-order chi connectivity index (χ1) is 7.49. The van der Waals surface area contributed by atoms with Crippen LogP contribution in [0.5, 0.6) is 0 Å². The van der Waals surface area contributed by atoms with E-state index >= 15 is 0 Å². The van der Waals surface area contributed by atoms with E-state index in [1.54, 1.807) is 18.7 Å². The molecule has 0 saturated carbocycles. The zero-order valence-corrected chi connectivity index (χ0v) is 10.6. The van der Waals surface area contributed by atoms with Crippen molar-refractivity contribution in [1.29, 1.82) is 0 Å². The Kier molecular flexibility index (Phi) is 4.65.